The van der Waals surface area contributed by atoms with E-state index in [4.69, 9.17) is 10.5 Å². The van der Waals surface area contributed by atoms with E-state index in [-0.39, 0.29) is 30.3 Å². The molecule has 1 amide bonds. The van der Waals surface area contributed by atoms with Crippen LogP contribution in [0.3, 0.4) is 0 Å². The van der Waals surface area contributed by atoms with Crippen molar-refractivity contribution in [2.75, 3.05) is 33.3 Å². The zero-order valence-corrected chi connectivity index (χ0v) is 17.4. The number of likely N-dealkylation sites (N-methyl/N-ethyl adjacent to an activating group) is 1. The molecular formula is C22H30ClN3O2. The summed E-state index contributed by atoms with van der Waals surface area (Å²) in [4.78, 5) is 16.6. The molecule has 5 nitrogen and oxygen atoms in total. The summed E-state index contributed by atoms with van der Waals surface area (Å²) in [6.45, 7) is 5.19. The van der Waals surface area contributed by atoms with Crippen molar-refractivity contribution in [3.8, 4) is 5.75 Å². The van der Waals surface area contributed by atoms with E-state index in [1.165, 1.54) is 5.56 Å². The van der Waals surface area contributed by atoms with Crippen LogP contribution in [-0.2, 0) is 11.3 Å². The Morgan fingerprint density at radius 3 is 2.46 bits per heavy atom. The Hall–Kier alpha value is -2.08. The first-order chi connectivity index (χ1) is 13.1. The second kappa shape index (κ2) is 10.5. The maximum Gasteiger partial charge on any atom is 0.236 e. The van der Waals surface area contributed by atoms with E-state index in [2.05, 4.69) is 17.0 Å². The standard InChI is InChI=1S/C22H29N3O2.ClH/c1-3-27-19-11-9-17(10-12-19)13-24(2)22(26)16-25-14-20(21(23)15-25)18-7-5-4-6-8-18;/h4-12,20-21H,3,13-16,23H2,1-2H3;1H/t20-,21+;/m0./s1. The molecule has 2 aromatic carbocycles. The quantitative estimate of drug-likeness (QED) is 0.772. The van der Waals surface area contributed by atoms with E-state index in [1.54, 1.807) is 4.90 Å². The van der Waals surface area contributed by atoms with Crippen molar-refractivity contribution in [3.05, 3.63) is 65.7 Å². The van der Waals surface area contributed by atoms with Gasteiger partial charge in [0.2, 0.25) is 5.91 Å². The lowest BCUT2D eigenvalue weighted by Gasteiger charge is -2.22. The highest BCUT2D eigenvalue weighted by atomic mass is 35.5. The van der Waals surface area contributed by atoms with Gasteiger partial charge in [-0.3, -0.25) is 9.69 Å². The Balaban J connectivity index is 0.00000280. The van der Waals surface area contributed by atoms with Crippen LogP contribution in [0.25, 0.3) is 0 Å². The number of halogens is 1. The number of hydrogen-bond donors (Lipinski definition) is 1. The van der Waals surface area contributed by atoms with Gasteiger partial charge in [0, 0.05) is 38.6 Å². The number of nitrogens with two attached hydrogens (primary N) is 1. The molecule has 0 aromatic heterocycles. The highest BCUT2D eigenvalue weighted by molar-refractivity contribution is 5.85. The summed E-state index contributed by atoms with van der Waals surface area (Å²) >= 11 is 0. The average Bonchev–Trinajstić information content (AvgIpc) is 3.04. The predicted octanol–water partition coefficient (Wildman–Crippen LogP) is 2.89. The largest absolute Gasteiger partial charge is 0.494 e. The zero-order valence-electron chi connectivity index (χ0n) is 16.6. The maximum absolute atomic E-state index is 12.6. The Kier molecular flexibility index (Phi) is 8.30. The van der Waals surface area contributed by atoms with Crippen molar-refractivity contribution in [1.29, 1.82) is 0 Å². The lowest BCUT2D eigenvalue weighted by molar-refractivity contribution is -0.131. The van der Waals surface area contributed by atoms with Gasteiger partial charge in [0.15, 0.2) is 0 Å². The van der Waals surface area contributed by atoms with Crippen molar-refractivity contribution in [2.24, 2.45) is 5.73 Å². The number of ether oxygens (including phenoxy) is 1. The van der Waals surface area contributed by atoms with Gasteiger partial charge in [-0.05, 0) is 30.2 Å². The van der Waals surface area contributed by atoms with Crippen LogP contribution < -0.4 is 10.5 Å². The molecule has 1 heterocycles. The summed E-state index contributed by atoms with van der Waals surface area (Å²) in [7, 11) is 1.85. The third-order valence-electron chi connectivity index (χ3n) is 5.11. The summed E-state index contributed by atoms with van der Waals surface area (Å²) in [6.07, 6.45) is 0. The van der Waals surface area contributed by atoms with Gasteiger partial charge in [-0.2, -0.15) is 0 Å². The topological polar surface area (TPSA) is 58.8 Å². The second-order valence-corrected chi connectivity index (χ2v) is 7.20. The van der Waals surface area contributed by atoms with Crippen LogP contribution in [0, 0.1) is 0 Å². The highest BCUT2D eigenvalue weighted by Crippen LogP contribution is 2.26. The van der Waals surface area contributed by atoms with Crippen molar-refractivity contribution >= 4 is 18.3 Å². The van der Waals surface area contributed by atoms with Gasteiger partial charge in [-0.25, -0.2) is 0 Å². The van der Waals surface area contributed by atoms with Crippen molar-refractivity contribution in [2.45, 2.75) is 25.4 Å². The highest BCUT2D eigenvalue weighted by Gasteiger charge is 2.32. The molecule has 2 N–H and O–H groups in total. The van der Waals surface area contributed by atoms with Crippen LogP contribution in [0.4, 0.5) is 0 Å². The molecule has 0 unspecified atom stereocenters. The first kappa shape index (κ1) is 22.2. The number of nitrogens with zero attached hydrogens (tertiary/aromatic N) is 2. The van der Waals surface area contributed by atoms with Crippen LogP contribution in [0.5, 0.6) is 5.75 Å². The molecule has 1 aliphatic rings. The van der Waals surface area contributed by atoms with E-state index in [1.807, 2.05) is 56.4 Å². The van der Waals surface area contributed by atoms with Gasteiger partial charge in [-0.1, -0.05) is 42.5 Å². The maximum atomic E-state index is 12.6. The minimum atomic E-state index is 0. The summed E-state index contributed by atoms with van der Waals surface area (Å²) in [6, 6.07) is 18.3. The molecule has 2 aromatic rings. The van der Waals surface area contributed by atoms with Gasteiger partial charge in [0.1, 0.15) is 5.75 Å². The molecule has 0 spiro atoms. The van der Waals surface area contributed by atoms with E-state index < -0.39 is 0 Å². The van der Waals surface area contributed by atoms with Gasteiger partial charge in [-0.15, -0.1) is 12.4 Å². The fourth-order valence-electron chi connectivity index (χ4n) is 3.63. The molecule has 3 rings (SSSR count). The van der Waals surface area contributed by atoms with Gasteiger partial charge < -0.3 is 15.4 Å². The normalized spacial score (nSPS) is 19.1. The number of rotatable bonds is 7. The number of benzene rings is 2. The number of carbonyl (C=O) groups is 1. The molecule has 1 aliphatic heterocycles. The van der Waals surface area contributed by atoms with Crippen molar-refractivity contribution in [1.82, 2.24) is 9.80 Å². The molecule has 1 saturated heterocycles. The molecular weight excluding hydrogens is 374 g/mol. The molecule has 0 radical (unpaired) electrons. The minimum absolute atomic E-state index is 0. The van der Waals surface area contributed by atoms with Gasteiger partial charge in [0.25, 0.3) is 0 Å². The average molecular weight is 404 g/mol. The third-order valence-corrected chi connectivity index (χ3v) is 5.11. The van der Waals surface area contributed by atoms with Crippen molar-refractivity contribution < 1.29 is 9.53 Å². The molecule has 0 bridgehead atoms. The van der Waals surface area contributed by atoms with Crippen LogP contribution in [0.15, 0.2) is 54.6 Å². The lowest BCUT2D eigenvalue weighted by atomic mass is 9.95. The van der Waals surface area contributed by atoms with Gasteiger partial charge in [0.05, 0.1) is 13.2 Å². The number of amides is 1. The Labute approximate surface area is 173 Å². The number of hydrogen-bond acceptors (Lipinski definition) is 4. The summed E-state index contributed by atoms with van der Waals surface area (Å²) in [5, 5.41) is 0. The SMILES string of the molecule is CCOc1ccc(CN(C)C(=O)CN2C[C@@H](N)[C@H](c3ccccc3)C2)cc1.Cl. The Bertz CT molecular complexity index is 739. The molecule has 0 aliphatic carbocycles. The van der Waals surface area contributed by atoms with E-state index in [0.717, 1.165) is 24.4 Å². The van der Waals surface area contributed by atoms with Crippen molar-refractivity contribution in [3.63, 3.8) is 0 Å². The van der Waals surface area contributed by atoms with Crippen LogP contribution in [-0.4, -0.2) is 55.0 Å². The molecule has 1 fully saturated rings. The van der Waals surface area contributed by atoms with Gasteiger partial charge >= 0.3 is 0 Å². The summed E-state index contributed by atoms with van der Waals surface area (Å²) in [5.41, 5.74) is 8.68. The second-order valence-electron chi connectivity index (χ2n) is 7.20. The molecule has 6 heteroatoms. The zero-order chi connectivity index (χ0) is 19.2. The summed E-state index contributed by atoms with van der Waals surface area (Å²) < 4.78 is 5.46. The first-order valence-corrected chi connectivity index (χ1v) is 9.55. The first-order valence-electron chi connectivity index (χ1n) is 9.55. The third kappa shape index (κ3) is 5.71. The van der Waals surface area contributed by atoms with Crippen LogP contribution in [0.2, 0.25) is 0 Å². The monoisotopic (exact) mass is 403 g/mol. The fraction of sp³-hybridized carbons (Fsp3) is 0.409. The van der Waals surface area contributed by atoms with Crippen LogP contribution in [0.1, 0.15) is 24.0 Å². The Morgan fingerprint density at radius 1 is 1.14 bits per heavy atom. The van der Waals surface area contributed by atoms with E-state index in [9.17, 15) is 4.79 Å². The molecule has 2 atom stereocenters. The molecule has 0 saturated carbocycles. The van der Waals surface area contributed by atoms with Crippen LogP contribution >= 0.6 is 12.4 Å². The predicted molar refractivity (Wildman–Crippen MR) is 115 cm³/mol. The fourth-order valence-corrected chi connectivity index (χ4v) is 3.63. The number of carbonyl (C=O) groups excluding carboxylic acids is 1. The number of likely N-dealkylation sites (tertiary alicyclic amines) is 1. The molecule has 28 heavy (non-hydrogen) atoms. The lowest BCUT2D eigenvalue weighted by Crippen LogP contribution is -2.38. The van der Waals surface area contributed by atoms with E-state index >= 15 is 0 Å². The smallest absolute Gasteiger partial charge is 0.236 e. The molecule has 152 valence electrons. The summed E-state index contributed by atoms with van der Waals surface area (Å²) in [5.74, 6) is 1.26. The minimum Gasteiger partial charge on any atom is -0.494 e. The van der Waals surface area contributed by atoms with E-state index in [0.29, 0.717) is 19.7 Å². The Morgan fingerprint density at radius 2 is 1.82 bits per heavy atom.